The maximum atomic E-state index is 10.5. The smallest absolute Gasteiger partial charge is 0.122 e. The van der Waals surface area contributed by atoms with Gasteiger partial charge in [0.25, 0.3) is 0 Å². The van der Waals surface area contributed by atoms with Gasteiger partial charge in [-0.25, -0.2) is 0 Å². The van der Waals surface area contributed by atoms with Crippen molar-refractivity contribution in [2.24, 2.45) is 11.7 Å². The maximum Gasteiger partial charge on any atom is 0.122 e. The normalized spacial score (nSPS) is 15.9. The molecule has 4 heteroatoms. The Morgan fingerprint density at radius 1 is 1.42 bits per heavy atom. The molecule has 1 rings (SSSR count). The number of methoxy groups -OCH3 is 1. The van der Waals surface area contributed by atoms with Crippen LogP contribution in [0.5, 0.6) is 5.75 Å². The van der Waals surface area contributed by atoms with Crippen LogP contribution in [0.2, 0.25) is 5.02 Å². The summed E-state index contributed by atoms with van der Waals surface area (Å²) >= 11 is 6.04. The third-order valence-electron chi connectivity index (χ3n) is 3.58. The van der Waals surface area contributed by atoms with Crippen molar-refractivity contribution in [1.82, 2.24) is 0 Å². The number of nitrogens with two attached hydrogens (primary N) is 1. The molecule has 19 heavy (non-hydrogen) atoms. The van der Waals surface area contributed by atoms with Crippen molar-refractivity contribution in [3.05, 3.63) is 28.8 Å². The Morgan fingerprint density at radius 2 is 2.11 bits per heavy atom. The lowest BCUT2D eigenvalue weighted by atomic mass is 9.84. The van der Waals surface area contributed by atoms with E-state index in [0.29, 0.717) is 11.6 Å². The van der Waals surface area contributed by atoms with E-state index >= 15 is 0 Å². The van der Waals surface area contributed by atoms with Gasteiger partial charge in [-0.15, -0.1) is 0 Å². The minimum absolute atomic E-state index is 0.157. The van der Waals surface area contributed by atoms with Crippen LogP contribution in [0.1, 0.15) is 38.2 Å². The van der Waals surface area contributed by atoms with Gasteiger partial charge >= 0.3 is 0 Å². The van der Waals surface area contributed by atoms with E-state index < -0.39 is 6.10 Å². The van der Waals surface area contributed by atoms with Crippen molar-refractivity contribution >= 4 is 11.6 Å². The van der Waals surface area contributed by atoms with Gasteiger partial charge in [0.05, 0.1) is 13.2 Å². The second-order valence-corrected chi connectivity index (χ2v) is 5.42. The van der Waals surface area contributed by atoms with Gasteiger partial charge in [0.1, 0.15) is 5.75 Å². The summed E-state index contributed by atoms with van der Waals surface area (Å²) in [6.07, 6.45) is 1.53. The third kappa shape index (κ3) is 4.10. The van der Waals surface area contributed by atoms with E-state index in [4.69, 9.17) is 22.1 Å². The van der Waals surface area contributed by atoms with Gasteiger partial charge in [-0.2, -0.15) is 0 Å². The largest absolute Gasteiger partial charge is 0.496 e. The monoisotopic (exact) mass is 285 g/mol. The first-order valence-electron chi connectivity index (χ1n) is 6.76. The van der Waals surface area contributed by atoms with Crippen LogP contribution in [0, 0.1) is 5.92 Å². The fourth-order valence-corrected chi connectivity index (χ4v) is 2.65. The Labute approximate surface area is 120 Å². The average molecular weight is 286 g/mol. The van der Waals surface area contributed by atoms with Crippen LogP contribution in [-0.4, -0.2) is 24.9 Å². The minimum Gasteiger partial charge on any atom is -0.496 e. The predicted octanol–water partition coefficient (Wildman–Crippen LogP) is 3.19. The summed E-state index contributed by atoms with van der Waals surface area (Å²) in [6.45, 7) is 4.53. The van der Waals surface area contributed by atoms with E-state index in [0.717, 1.165) is 24.2 Å². The van der Waals surface area contributed by atoms with Crippen LogP contribution < -0.4 is 10.5 Å². The zero-order valence-electron chi connectivity index (χ0n) is 11.9. The molecule has 108 valence electrons. The molecule has 0 aliphatic carbocycles. The molecule has 1 aromatic rings. The summed E-state index contributed by atoms with van der Waals surface area (Å²) in [5.74, 6) is 0.764. The number of aliphatic hydroxyl groups is 1. The van der Waals surface area contributed by atoms with Crippen molar-refractivity contribution < 1.29 is 9.84 Å². The molecule has 3 nitrogen and oxygen atoms in total. The van der Waals surface area contributed by atoms with E-state index in [-0.39, 0.29) is 11.8 Å². The molecule has 0 heterocycles. The molecule has 0 aliphatic heterocycles. The molecular formula is C15H24ClNO2. The van der Waals surface area contributed by atoms with E-state index in [9.17, 15) is 5.11 Å². The van der Waals surface area contributed by atoms with E-state index in [1.54, 1.807) is 13.2 Å². The van der Waals surface area contributed by atoms with Gasteiger partial charge < -0.3 is 15.6 Å². The van der Waals surface area contributed by atoms with Gasteiger partial charge in [0.2, 0.25) is 0 Å². The fourth-order valence-electron chi connectivity index (χ4n) is 2.47. The highest BCUT2D eigenvalue weighted by molar-refractivity contribution is 6.30. The van der Waals surface area contributed by atoms with Crippen LogP contribution in [-0.2, 0) is 0 Å². The van der Waals surface area contributed by atoms with Crippen LogP contribution in [0.3, 0.4) is 0 Å². The number of hydrogen-bond acceptors (Lipinski definition) is 3. The number of rotatable bonds is 7. The van der Waals surface area contributed by atoms with Gasteiger partial charge in [0, 0.05) is 23.0 Å². The molecule has 0 saturated carbocycles. The Balaban J connectivity index is 3.05. The van der Waals surface area contributed by atoms with Gasteiger partial charge in [-0.1, -0.05) is 31.9 Å². The summed E-state index contributed by atoms with van der Waals surface area (Å²) in [7, 11) is 1.61. The van der Waals surface area contributed by atoms with E-state index in [1.807, 2.05) is 19.1 Å². The van der Waals surface area contributed by atoms with Crippen molar-refractivity contribution in [2.45, 2.75) is 38.7 Å². The highest BCUT2D eigenvalue weighted by Crippen LogP contribution is 2.34. The molecule has 0 bridgehead atoms. The van der Waals surface area contributed by atoms with E-state index in [1.165, 1.54) is 0 Å². The molecule has 0 amide bonds. The number of ether oxygens (including phenoxy) is 1. The number of hydrogen-bond donors (Lipinski definition) is 2. The topological polar surface area (TPSA) is 55.5 Å². The molecule has 0 aromatic heterocycles. The molecule has 0 aliphatic rings. The highest BCUT2D eigenvalue weighted by Gasteiger charge is 2.27. The number of aliphatic hydroxyl groups excluding tert-OH is 1. The first-order valence-corrected chi connectivity index (χ1v) is 7.14. The lowest BCUT2D eigenvalue weighted by molar-refractivity contribution is 0.0850. The molecule has 3 N–H and O–H groups in total. The highest BCUT2D eigenvalue weighted by atomic mass is 35.5. The molecule has 3 atom stereocenters. The standard InChI is InChI=1S/C15H24ClNO2/c1-4-5-10(2)15(18)13(9-17)12-8-11(16)6-7-14(12)19-3/h6-8,10,13,15,18H,4-5,9,17H2,1-3H3. The second kappa shape index (κ2) is 7.73. The molecule has 1 aromatic carbocycles. The molecular weight excluding hydrogens is 262 g/mol. The van der Waals surface area contributed by atoms with Crippen molar-refractivity contribution in [1.29, 1.82) is 0 Å². The zero-order chi connectivity index (χ0) is 14.4. The first kappa shape index (κ1) is 16.3. The van der Waals surface area contributed by atoms with Gasteiger partial charge in [0.15, 0.2) is 0 Å². The molecule has 0 saturated heterocycles. The quantitative estimate of drug-likeness (QED) is 0.809. The average Bonchev–Trinajstić information content (AvgIpc) is 2.40. The third-order valence-corrected chi connectivity index (χ3v) is 3.82. The van der Waals surface area contributed by atoms with Gasteiger partial charge in [-0.3, -0.25) is 0 Å². The predicted molar refractivity (Wildman–Crippen MR) is 79.9 cm³/mol. The van der Waals surface area contributed by atoms with Crippen LogP contribution in [0.15, 0.2) is 18.2 Å². The Kier molecular flexibility index (Phi) is 6.63. The summed E-state index contributed by atoms with van der Waals surface area (Å²) in [6, 6.07) is 5.43. The Bertz CT molecular complexity index is 398. The number of benzene rings is 1. The summed E-state index contributed by atoms with van der Waals surface area (Å²) in [5, 5.41) is 11.1. The molecule has 0 radical (unpaired) electrons. The molecule has 0 fully saturated rings. The lowest BCUT2D eigenvalue weighted by Crippen LogP contribution is -2.31. The second-order valence-electron chi connectivity index (χ2n) is 4.99. The fraction of sp³-hybridized carbons (Fsp3) is 0.600. The van der Waals surface area contributed by atoms with Crippen LogP contribution >= 0.6 is 11.6 Å². The minimum atomic E-state index is -0.489. The zero-order valence-corrected chi connectivity index (χ0v) is 12.7. The number of halogens is 1. The van der Waals surface area contributed by atoms with E-state index in [2.05, 4.69) is 6.92 Å². The van der Waals surface area contributed by atoms with Crippen molar-refractivity contribution in [3.63, 3.8) is 0 Å². The summed E-state index contributed by atoms with van der Waals surface area (Å²) in [5.41, 5.74) is 6.74. The lowest BCUT2D eigenvalue weighted by Gasteiger charge is -2.28. The molecule has 0 spiro atoms. The van der Waals surface area contributed by atoms with Crippen molar-refractivity contribution in [3.8, 4) is 5.75 Å². The Morgan fingerprint density at radius 3 is 2.63 bits per heavy atom. The van der Waals surface area contributed by atoms with Crippen LogP contribution in [0.25, 0.3) is 0 Å². The Hall–Kier alpha value is -0.770. The van der Waals surface area contributed by atoms with Crippen LogP contribution in [0.4, 0.5) is 0 Å². The molecule has 3 unspecified atom stereocenters. The summed E-state index contributed by atoms with van der Waals surface area (Å²) < 4.78 is 5.35. The van der Waals surface area contributed by atoms with Crippen molar-refractivity contribution in [2.75, 3.05) is 13.7 Å². The SMILES string of the molecule is CCCC(C)C(O)C(CN)c1cc(Cl)ccc1OC. The summed E-state index contributed by atoms with van der Waals surface area (Å²) in [4.78, 5) is 0. The van der Waals surface area contributed by atoms with Gasteiger partial charge in [-0.05, 0) is 30.5 Å². The first-order chi connectivity index (χ1) is 9.04. The maximum absolute atomic E-state index is 10.5.